The summed E-state index contributed by atoms with van der Waals surface area (Å²) in [7, 11) is 0. The van der Waals surface area contributed by atoms with Crippen LogP contribution in [0.5, 0.6) is 0 Å². The maximum absolute atomic E-state index is 13.3. The number of benzene rings is 1. The normalized spacial score (nSPS) is 9.81. The van der Waals surface area contributed by atoms with E-state index in [-0.39, 0.29) is 18.9 Å². The monoisotopic (exact) mass is 287 g/mol. The van der Waals surface area contributed by atoms with E-state index in [2.05, 4.69) is 17.2 Å². The maximum atomic E-state index is 13.3. The first-order chi connectivity index (χ1) is 10.2. The molecule has 0 fully saturated rings. The maximum Gasteiger partial charge on any atom is 0.252 e. The number of halogens is 1. The second-order valence-electron chi connectivity index (χ2n) is 4.28. The summed E-state index contributed by atoms with van der Waals surface area (Å²) in [6.45, 7) is 0.237. The lowest BCUT2D eigenvalue weighted by Gasteiger charge is -2.06. The van der Waals surface area contributed by atoms with Gasteiger partial charge in [0.25, 0.3) is 5.91 Å². The standard InChI is InChI=1S/C16H14FNO3/c17-14-4-5-15(13(9-14)3-1-2-7-19)16(20)18-10-12-6-8-21-11-12/h4-6,8-9,11,19H,2,7,10H2,(H,18,20). The Kier molecular flexibility index (Phi) is 5.13. The van der Waals surface area contributed by atoms with Crippen molar-refractivity contribution in [3.63, 3.8) is 0 Å². The van der Waals surface area contributed by atoms with Crippen molar-refractivity contribution in [2.45, 2.75) is 13.0 Å². The van der Waals surface area contributed by atoms with Crippen LogP contribution in [0.4, 0.5) is 4.39 Å². The topological polar surface area (TPSA) is 62.5 Å². The van der Waals surface area contributed by atoms with E-state index in [1.54, 1.807) is 6.07 Å². The van der Waals surface area contributed by atoms with Crippen LogP contribution in [-0.4, -0.2) is 17.6 Å². The number of furan rings is 1. The average molecular weight is 287 g/mol. The molecule has 2 N–H and O–H groups in total. The second-order valence-corrected chi connectivity index (χ2v) is 4.28. The number of hydrogen-bond acceptors (Lipinski definition) is 3. The molecule has 0 saturated carbocycles. The smallest absolute Gasteiger partial charge is 0.252 e. The Balaban J connectivity index is 2.14. The van der Waals surface area contributed by atoms with E-state index >= 15 is 0 Å². The molecule has 0 radical (unpaired) electrons. The zero-order valence-corrected chi connectivity index (χ0v) is 11.2. The SMILES string of the molecule is O=C(NCc1ccoc1)c1ccc(F)cc1C#CCCO. The Morgan fingerprint density at radius 2 is 2.24 bits per heavy atom. The summed E-state index contributed by atoms with van der Waals surface area (Å²) >= 11 is 0. The van der Waals surface area contributed by atoms with Crippen LogP contribution in [0.2, 0.25) is 0 Å². The Bertz CT molecular complexity index is 669. The van der Waals surface area contributed by atoms with Crippen molar-refractivity contribution in [2.75, 3.05) is 6.61 Å². The van der Waals surface area contributed by atoms with Crippen LogP contribution in [0, 0.1) is 17.7 Å². The van der Waals surface area contributed by atoms with Gasteiger partial charge in [0, 0.05) is 24.1 Å². The van der Waals surface area contributed by atoms with Gasteiger partial charge >= 0.3 is 0 Å². The predicted molar refractivity (Wildman–Crippen MR) is 74.9 cm³/mol. The van der Waals surface area contributed by atoms with Crippen LogP contribution in [-0.2, 0) is 6.54 Å². The first-order valence-electron chi connectivity index (χ1n) is 6.39. The molecule has 1 aromatic carbocycles. The van der Waals surface area contributed by atoms with Gasteiger partial charge in [0.05, 0.1) is 24.7 Å². The predicted octanol–water partition coefficient (Wildman–Crippen LogP) is 2.08. The van der Waals surface area contributed by atoms with Crippen LogP contribution in [0.3, 0.4) is 0 Å². The molecule has 2 rings (SSSR count). The van der Waals surface area contributed by atoms with Gasteiger partial charge in [-0.3, -0.25) is 4.79 Å². The Labute approximate surface area is 121 Å². The molecule has 1 aromatic heterocycles. The molecule has 0 unspecified atom stereocenters. The van der Waals surface area contributed by atoms with Gasteiger partial charge in [-0.2, -0.15) is 0 Å². The number of aliphatic hydroxyl groups is 1. The van der Waals surface area contributed by atoms with Gasteiger partial charge in [0.1, 0.15) is 5.82 Å². The first kappa shape index (κ1) is 14.8. The minimum Gasteiger partial charge on any atom is -0.472 e. The van der Waals surface area contributed by atoms with Gasteiger partial charge in [-0.05, 0) is 24.3 Å². The number of carbonyl (C=O) groups is 1. The van der Waals surface area contributed by atoms with E-state index in [9.17, 15) is 9.18 Å². The summed E-state index contributed by atoms with van der Waals surface area (Å²) < 4.78 is 18.2. The molecular weight excluding hydrogens is 273 g/mol. The van der Waals surface area contributed by atoms with E-state index in [0.717, 1.165) is 5.56 Å². The fourth-order valence-corrected chi connectivity index (χ4v) is 1.70. The molecule has 0 saturated heterocycles. The van der Waals surface area contributed by atoms with Crippen molar-refractivity contribution in [1.82, 2.24) is 5.32 Å². The van der Waals surface area contributed by atoms with E-state index in [4.69, 9.17) is 9.52 Å². The van der Waals surface area contributed by atoms with Crippen molar-refractivity contribution in [1.29, 1.82) is 0 Å². The van der Waals surface area contributed by atoms with Gasteiger partial charge in [0.2, 0.25) is 0 Å². The molecule has 4 nitrogen and oxygen atoms in total. The van der Waals surface area contributed by atoms with E-state index in [1.807, 2.05) is 0 Å². The first-order valence-corrected chi connectivity index (χ1v) is 6.39. The molecule has 0 aliphatic heterocycles. The third-order valence-corrected chi connectivity index (χ3v) is 2.72. The van der Waals surface area contributed by atoms with E-state index < -0.39 is 5.82 Å². The molecule has 0 aliphatic rings. The summed E-state index contributed by atoms with van der Waals surface area (Å²) in [6.07, 6.45) is 3.32. The number of nitrogens with one attached hydrogen (secondary N) is 1. The van der Waals surface area contributed by atoms with E-state index in [1.165, 1.54) is 30.7 Å². The summed E-state index contributed by atoms with van der Waals surface area (Å²) in [6, 6.07) is 5.55. The lowest BCUT2D eigenvalue weighted by molar-refractivity contribution is 0.0950. The molecule has 0 aliphatic carbocycles. The third-order valence-electron chi connectivity index (χ3n) is 2.72. The molecule has 0 atom stereocenters. The number of rotatable bonds is 4. The molecule has 0 bridgehead atoms. The minimum atomic E-state index is -0.463. The molecular formula is C16H14FNO3. The van der Waals surface area contributed by atoms with Gasteiger partial charge in [-0.25, -0.2) is 4.39 Å². The third kappa shape index (κ3) is 4.20. The molecule has 21 heavy (non-hydrogen) atoms. The fourth-order valence-electron chi connectivity index (χ4n) is 1.70. The van der Waals surface area contributed by atoms with Gasteiger partial charge < -0.3 is 14.8 Å². The van der Waals surface area contributed by atoms with Crippen molar-refractivity contribution in [3.05, 3.63) is 59.3 Å². The molecule has 108 valence electrons. The fraction of sp³-hybridized carbons (Fsp3) is 0.188. The molecule has 2 aromatic rings. The number of carbonyl (C=O) groups excluding carboxylic acids is 1. The minimum absolute atomic E-state index is 0.0790. The van der Waals surface area contributed by atoms with Gasteiger partial charge in [-0.15, -0.1) is 0 Å². The van der Waals surface area contributed by atoms with Gasteiger partial charge in [-0.1, -0.05) is 11.8 Å². The van der Waals surface area contributed by atoms with Crippen molar-refractivity contribution >= 4 is 5.91 Å². The van der Waals surface area contributed by atoms with Crippen molar-refractivity contribution in [2.24, 2.45) is 0 Å². The molecule has 1 heterocycles. The van der Waals surface area contributed by atoms with Crippen molar-refractivity contribution < 1.29 is 18.7 Å². The summed E-state index contributed by atoms with van der Waals surface area (Å²) in [4.78, 5) is 12.1. The lowest BCUT2D eigenvalue weighted by atomic mass is 10.1. The number of aliphatic hydroxyl groups excluding tert-OH is 1. The number of amides is 1. The Morgan fingerprint density at radius 1 is 1.38 bits per heavy atom. The molecule has 0 spiro atoms. The molecule has 1 amide bonds. The summed E-state index contributed by atoms with van der Waals surface area (Å²) in [5.74, 6) is 4.58. The van der Waals surface area contributed by atoms with Crippen LogP contribution in [0.25, 0.3) is 0 Å². The molecule has 5 heteroatoms. The van der Waals surface area contributed by atoms with Crippen LogP contribution in [0.15, 0.2) is 41.2 Å². The highest BCUT2D eigenvalue weighted by Crippen LogP contribution is 2.11. The van der Waals surface area contributed by atoms with Crippen LogP contribution in [0.1, 0.15) is 27.9 Å². The highest BCUT2D eigenvalue weighted by Gasteiger charge is 2.11. The summed E-state index contributed by atoms with van der Waals surface area (Å²) in [5, 5.41) is 11.4. The zero-order chi connectivity index (χ0) is 15.1. The largest absolute Gasteiger partial charge is 0.472 e. The second kappa shape index (κ2) is 7.27. The zero-order valence-electron chi connectivity index (χ0n) is 11.2. The quantitative estimate of drug-likeness (QED) is 0.846. The Hall–Kier alpha value is -2.58. The van der Waals surface area contributed by atoms with E-state index in [0.29, 0.717) is 17.7 Å². The Morgan fingerprint density at radius 3 is 2.95 bits per heavy atom. The van der Waals surface area contributed by atoms with Gasteiger partial charge in [0.15, 0.2) is 0 Å². The summed E-state index contributed by atoms with van der Waals surface area (Å²) in [5.41, 5.74) is 1.43. The van der Waals surface area contributed by atoms with Crippen LogP contribution >= 0.6 is 0 Å². The van der Waals surface area contributed by atoms with Crippen molar-refractivity contribution in [3.8, 4) is 11.8 Å². The highest BCUT2D eigenvalue weighted by molar-refractivity contribution is 5.96. The lowest BCUT2D eigenvalue weighted by Crippen LogP contribution is -2.23. The van der Waals surface area contributed by atoms with Crippen LogP contribution < -0.4 is 5.32 Å². The highest BCUT2D eigenvalue weighted by atomic mass is 19.1. The average Bonchev–Trinajstić information content (AvgIpc) is 2.98. The number of hydrogen-bond donors (Lipinski definition) is 2.